The molecule has 0 unspecified atom stereocenters. The van der Waals surface area contributed by atoms with Crippen LogP contribution in [0.15, 0.2) is 64.8 Å². The molecule has 0 aromatic heterocycles. The van der Waals surface area contributed by atoms with Gasteiger partial charge < -0.3 is 10.5 Å². The van der Waals surface area contributed by atoms with Gasteiger partial charge in [-0.25, -0.2) is 4.79 Å². The van der Waals surface area contributed by atoms with Crippen molar-refractivity contribution in [1.82, 2.24) is 0 Å². The zero-order valence-electron chi connectivity index (χ0n) is 13.7. The van der Waals surface area contributed by atoms with Gasteiger partial charge in [-0.1, -0.05) is 25.5 Å². The molecule has 2 aromatic carbocycles. The monoisotopic (exact) mass is 323 g/mol. The second kappa shape index (κ2) is 9.25. The lowest BCUT2D eigenvalue weighted by molar-refractivity contribution is -0.137. The summed E-state index contributed by atoms with van der Waals surface area (Å²) in [5, 5.41) is 8.30. The topological polar surface area (TPSA) is 77.0 Å². The molecule has 2 rings (SSSR count). The standard InChI is InChI=1S/C19H21N3O2/c1-2-3-14-24-19(23)13-6-15-4-9-17(10-5-15)21-22-18-11-7-16(20)8-12-18/h4-13H,2-3,14,20H2,1H3. The maximum Gasteiger partial charge on any atom is 0.330 e. The lowest BCUT2D eigenvalue weighted by Gasteiger charge is -1.99. The van der Waals surface area contributed by atoms with Crippen molar-refractivity contribution >= 4 is 29.1 Å². The molecule has 0 bridgehead atoms. The molecule has 24 heavy (non-hydrogen) atoms. The normalized spacial score (nSPS) is 11.2. The first-order chi connectivity index (χ1) is 11.7. The van der Waals surface area contributed by atoms with Crippen LogP contribution in [0.5, 0.6) is 0 Å². The third-order valence-corrected chi connectivity index (χ3v) is 3.22. The van der Waals surface area contributed by atoms with Crippen LogP contribution in [0.4, 0.5) is 17.1 Å². The number of nitrogen functional groups attached to an aromatic ring is 1. The molecule has 2 aromatic rings. The molecule has 0 spiro atoms. The average Bonchev–Trinajstić information content (AvgIpc) is 2.60. The smallest absolute Gasteiger partial charge is 0.330 e. The molecule has 0 atom stereocenters. The van der Waals surface area contributed by atoms with Crippen molar-refractivity contribution in [2.45, 2.75) is 19.8 Å². The van der Waals surface area contributed by atoms with E-state index >= 15 is 0 Å². The molecule has 0 aliphatic rings. The van der Waals surface area contributed by atoms with Gasteiger partial charge in [0, 0.05) is 11.8 Å². The van der Waals surface area contributed by atoms with Crippen LogP contribution in [-0.2, 0) is 9.53 Å². The van der Waals surface area contributed by atoms with Crippen molar-refractivity contribution in [1.29, 1.82) is 0 Å². The van der Waals surface area contributed by atoms with Gasteiger partial charge in [-0.2, -0.15) is 10.2 Å². The molecule has 0 saturated carbocycles. The van der Waals surface area contributed by atoms with Crippen molar-refractivity contribution in [2.75, 3.05) is 12.3 Å². The summed E-state index contributed by atoms with van der Waals surface area (Å²) >= 11 is 0. The van der Waals surface area contributed by atoms with E-state index in [-0.39, 0.29) is 5.97 Å². The van der Waals surface area contributed by atoms with Crippen LogP contribution in [0, 0.1) is 0 Å². The molecular formula is C19H21N3O2. The van der Waals surface area contributed by atoms with E-state index in [1.807, 2.05) is 24.3 Å². The number of benzene rings is 2. The number of hydrogen-bond acceptors (Lipinski definition) is 5. The number of carbonyl (C=O) groups is 1. The molecule has 0 fully saturated rings. The first kappa shape index (κ1) is 17.4. The Kier molecular flexibility index (Phi) is 6.71. The highest BCUT2D eigenvalue weighted by Gasteiger charge is 1.97. The third kappa shape index (κ3) is 6.04. The van der Waals surface area contributed by atoms with Gasteiger partial charge in [-0.15, -0.1) is 0 Å². The van der Waals surface area contributed by atoms with Crippen LogP contribution in [0.2, 0.25) is 0 Å². The van der Waals surface area contributed by atoms with Gasteiger partial charge in [0.15, 0.2) is 0 Å². The number of rotatable bonds is 7. The molecule has 0 heterocycles. The van der Waals surface area contributed by atoms with Crippen LogP contribution in [0.1, 0.15) is 25.3 Å². The molecule has 5 heteroatoms. The van der Waals surface area contributed by atoms with Gasteiger partial charge >= 0.3 is 5.97 Å². The van der Waals surface area contributed by atoms with Crippen molar-refractivity contribution in [3.8, 4) is 0 Å². The van der Waals surface area contributed by atoms with E-state index in [2.05, 4.69) is 17.2 Å². The molecule has 0 saturated heterocycles. The van der Waals surface area contributed by atoms with Crippen LogP contribution < -0.4 is 5.73 Å². The molecule has 0 radical (unpaired) electrons. The fraction of sp³-hybridized carbons (Fsp3) is 0.211. The average molecular weight is 323 g/mol. The molecule has 124 valence electrons. The zero-order valence-corrected chi connectivity index (χ0v) is 13.7. The Bertz CT molecular complexity index is 704. The number of nitrogens with zero attached hydrogens (tertiary/aromatic N) is 2. The van der Waals surface area contributed by atoms with Gasteiger partial charge in [-0.05, 0) is 54.5 Å². The highest BCUT2D eigenvalue weighted by molar-refractivity contribution is 5.87. The highest BCUT2D eigenvalue weighted by atomic mass is 16.5. The van der Waals surface area contributed by atoms with Gasteiger partial charge in [0.1, 0.15) is 0 Å². The second-order valence-corrected chi connectivity index (χ2v) is 5.24. The Hall–Kier alpha value is -2.95. The summed E-state index contributed by atoms with van der Waals surface area (Å²) in [7, 11) is 0. The van der Waals surface area contributed by atoms with Crippen LogP contribution >= 0.6 is 0 Å². The predicted octanol–water partition coefficient (Wildman–Crippen LogP) is 5.04. The largest absolute Gasteiger partial charge is 0.463 e. The van der Waals surface area contributed by atoms with Crippen LogP contribution in [-0.4, -0.2) is 12.6 Å². The Balaban J connectivity index is 1.90. The Labute approximate surface area is 141 Å². The SMILES string of the molecule is CCCCOC(=O)C=Cc1ccc(N=Nc2ccc(N)cc2)cc1. The van der Waals surface area contributed by atoms with Gasteiger partial charge in [0.05, 0.1) is 18.0 Å². The van der Waals surface area contributed by atoms with Crippen molar-refractivity contribution < 1.29 is 9.53 Å². The summed E-state index contributed by atoms with van der Waals surface area (Å²) in [6.07, 6.45) is 5.03. The Morgan fingerprint density at radius 2 is 1.62 bits per heavy atom. The second-order valence-electron chi connectivity index (χ2n) is 5.24. The summed E-state index contributed by atoms with van der Waals surface area (Å²) in [4.78, 5) is 11.5. The van der Waals surface area contributed by atoms with E-state index in [0.717, 1.165) is 29.8 Å². The van der Waals surface area contributed by atoms with Gasteiger partial charge in [0.2, 0.25) is 0 Å². The third-order valence-electron chi connectivity index (χ3n) is 3.22. The van der Waals surface area contributed by atoms with Crippen LogP contribution in [0.25, 0.3) is 6.08 Å². The first-order valence-electron chi connectivity index (χ1n) is 7.89. The van der Waals surface area contributed by atoms with E-state index in [4.69, 9.17) is 10.5 Å². The minimum Gasteiger partial charge on any atom is -0.463 e. The fourth-order valence-corrected chi connectivity index (χ4v) is 1.84. The predicted molar refractivity (Wildman–Crippen MR) is 96.4 cm³/mol. The minimum absolute atomic E-state index is 0.324. The summed E-state index contributed by atoms with van der Waals surface area (Å²) in [5.74, 6) is -0.324. The molecule has 5 nitrogen and oxygen atoms in total. The number of anilines is 1. The zero-order chi connectivity index (χ0) is 17.2. The minimum atomic E-state index is -0.324. The number of carbonyl (C=O) groups excluding carboxylic acids is 1. The van der Waals surface area contributed by atoms with E-state index in [9.17, 15) is 4.79 Å². The fourth-order valence-electron chi connectivity index (χ4n) is 1.84. The number of ether oxygens (including phenoxy) is 1. The summed E-state index contributed by atoms with van der Waals surface area (Å²) < 4.78 is 5.06. The summed E-state index contributed by atoms with van der Waals surface area (Å²) in [6.45, 7) is 2.51. The molecule has 0 amide bonds. The summed E-state index contributed by atoms with van der Waals surface area (Å²) in [6, 6.07) is 14.6. The lowest BCUT2D eigenvalue weighted by Crippen LogP contribution is -2.01. The van der Waals surface area contributed by atoms with Crippen molar-refractivity contribution in [3.05, 3.63) is 60.2 Å². The molecule has 0 aliphatic carbocycles. The highest BCUT2D eigenvalue weighted by Crippen LogP contribution is 2.20. The molecule has 2 N–H and O–H groups in total. The molecule has 0 aliphatic heterocycles. The van der Waals surface area contributed by atoms with Crippen LogP contribution in [0.3, 0.4) is 0 Å². The number of unbranched alkanes of at least 4 members (excludes halogenated alkanes) is 1. The van der Waals surface area contributed by atoms with E-state index in [0.29, 0.717) is 12.3 Å². The summed E-state index contributed by atoms with van der Waals surface area (Å²) in [5.41, 5.74) is 8.68. The number of nitrogens with two attached hydrogens (primary N) is 1. The van der Waals surface area contributed by atoms with E-state index < -0.39 is 0 Å². The molecular weight excluding hydrogens is 302 g/mol. The van der Waals surface area contributed by atoms with Gasteiger partial charge in [0.25, 0.3) is 0 Å². The Morgan fingerprint density at radius 3 is 2.21 bits per heavy atom. The lowest BCUT2D eigenvalue weighted by atomic mass is 10.2. The number of azo groups is 1. The van der Waals surface area contributed by atoms with E-state index in [1.165, 1.54) is 6.08 Å². The van der Waals surface area contributed by atoms with E-state index in [1.54, 1.807) is 30.3 Å². The van der Waals surface area contributed by atoms with Gasteiger partial charge in [-0.3, -0.25) is 0 Å². The Morgan fingerprint density at radius 1 is 1.04 bits per heavy atom. The van der Waals surface area contributed by atoms with Crippen molar-refractivity contribution in [3.63, 3.8) is 0 Å². The quantitative estimate of drug-likeness (QED) is 0.255. The maximum absolute atomic E-state index is 11.5. The maximum atomic E-state index is 11.5. The number of hydrogen-bond donors (Lipinski definition) is 1. The van der Waals surface area contributed by atoms with Crippen molar-refractivity contribution in [2.24, 2.45) is 10.2 Å². The first-order valence-corrected chi connectivity index (χ1v) is 7.89. The number of esters is 1.